The van der Waals surface area contributed by atoms with Crippen LogP contribution in [0, 0.1) is 0 Å². The van der Waals surface area contributed by atoms with Gasteiger partial charge in [-0.3, -0.25) is 4.79 Å². The molecule has 1 aliphatic heterocycles. The molecule has 0 radical (unpaired) electrons. The van der Waals surface area contributed by atoms with Gasteiger partial charge in [-0.1, -0.05) is 47.6 Å². The average Bonchev–Trinajstić information content (AvgIpc) is 2.52. The van der Waals surface area contributed by atoms with Gasteiger partial charge in [-0.25, -0.2) is 0 Å². The van der Waals surface area contributed by atoms with Crippen molar-refractivity contribution in [1.29, 1.82) is 0 Å². The van der Waals surface area contributed by atoms with Crippen molar-refractivity contribution in [3.05, 3.63) is 28.8 Å². The zero-order valence-corrected chi connectivity index (χ0v) is 12.2. The highest BCUT2D eigenvalue weighted by Gasteiger charge is 2.30. The predicted octanol–water partition coefficient (Wildman–Crippen LogP) is 3.74. The highest BCUT2D eigenvalue weighted by molar-refractivity contribution is 5.82. The van der Waals surface area contributed by atoms with E-state index in [4.69, 9.17) is 4.74 Å². The number of esters is 1. The average molecular weight is 246 g/mol. The number of rotatable bonds is 0. The van der Waals surface area contributed by atoms with E-state index in [9.17, 15) is 4.79 Å². The summed E-state index contributed by atoms with van der Waals surface area (Å²) in [6, 6.07) is 4.26. The van der Waals surface area contributed by atoms with E-state index in [2.05, 4.69) is 47.6 Å². The molecule has 0 aliphatic carbocycles. The lowest BCUT2D eigenvalue weighted by atomic mass is 9.78. The number of hydrogen-bond donors (Lipinski definition) is 0. The van der Waals surface area contributed by atoms with Crippen molar-refractivity contribution in [2.45, 2.75) is 58.8 Å². The maximum Gasteiger partial charge on any atom is 0.315 e. The van der Waals surface area contributed by atoms with Gasteiger partial charge in [0.1, 0.15) is 5.75 Å². The third-order valence-electron chi connectivity index (χ3n) is 3.43. The summed E-state index contributed by atoms with van der Waals surface area (Å²) >= 11 is 0. The Morgan fingerprint density at radius 3 is 2.11 bits per heavy atom. The second-order valence-electron chi connectivity index (χ2n) is 7.15. The van der Waals surface area contributed by atoms with E-state index in [0.717, 1.165) is 11.3 Å². The fourth-order valence-corrected chi connectivity index (χ4v) is 2.32. The molecule has 0 saturated heterocycles. The van der Waals surface area contributed by atoms with Crippen molar-refractivity contribution in [1.82, 2.24) is 0 Å². The minimum absolute atomic E-state index is 0.0271. The van der Waals surface area contributed by atoms with Crippen LogP contribution in [0.4, 0.5) is 0 Å². The molecule has 2 heteroatoms. The van der Waals surface area contributed by atoms with Crippen LogP contribution < -0.4 is 4.74 Å². The van der Waals surface area contributed by atoms with E-state index < -0.39 is 0 Å². The largest absolute Gasteiger partial charge is 0.426 e. The van der Waals surface area contributed by atoms with Crippen molar-refractivity contribution < 1.29 is 9.53 Å². The SMILES string of the molecule is CC(C)(C)c1cc2c(c(C(C)(C)C)c1)CC(=O)O2. The highest BCUT2D eigenvalue weighted by Crippen LogP contribution is 2.39. The Morgan fingerprint density at radius 2 is 1.61 bits per heavy atom. The van der Waals surface area contributed by atoms with Gasteiger partial charge in [-0.2, -0.15) is 0 Å². The zero-order chi connectivity index (χ0) is 13.7. The summed E-state index contributed by atoms with van der Waals surface area (Å²) < 4.78 is 5.34. The van der Waals surface area contributed by atoms with Gasteiger partial charge in [0.25, 0.3) is 0 Å². The summed E-state index contributed by atoms with van der Waals surface area (Å²) in [6.07, 6.45) is 0.409. The molecule has 0 bridgehead atoms. The molecule has 0 amide bonds. The number of ether oxygens (including phenoxy) is 1. The van der Waals surface area contributed by atoms with Crippen LogP contribution in [0.25, 0.3) is 0 Å². The molecule has 98 valence electrons. The van der Waals surface area contributed by atoms with Crippen molar-refractivity contribution in [3.8, 4) is 5.75 Å². The second kappa shape index (κ2) is 3.84. The first-order valence-electron chi connectivity index (χ1n) is 6.47. The molecule has 0 unspecified atom stereocenters. The number of carbonyl (C=O) groups excluding carboxylic acids is 1. The molecule has 0 fully saturated rings. The second-order valence-corrected chi connectivity index (χ2v) is 7.15. The maximum atomic E-state index is 11.5. The summed E-state index contributed by atoms with van der Waals surface area (Å²) in [7, 11) is 0. The number of hydrogen-bond acceptors (Lipinski definition) is 2. The number of fused-ring (bicyclic) bond motifs is 1. The van der Waals surface area contributed by atoms with E-state index in [1.54, 1.807) is 0 Å². The van der Waals surface area contributed by atoms with E-state index in [1.165, 1.54) is 11.1 Å². The van der Waals surface area contributed by atoms with Crippen LogP contribution in [0.5, 0.6) is 5.75 Å². The molecule has 1 aliphatic rings. The summed E-state index contributed by atoms with van der Waals surface area (Å²) in [6.45, 7) is 13.1. The molecule has 2 rings (SSSR count). The van der Waals surface area contributed by atoms with E-state index in [0.29, 0.717) is 6.42 Å². The van der Waals surface area contributed by atoms with Crippen molar-refractivity contribution in [3.63, 3.8) is 0 Å². The molecular weight excluding hydrogens is 224 g/mol. The highest BCUT2D eigenvalue weighted by atomic mass is 16.5. The van der Waals surface area contributed by atoms with Crippen LogP contribution in [0.2, 0.25) is 0 Å². The predicted molar refractivity (Wildman–Crippen MR) is 73.2 cm³/mol. The molecule has 1 aromatic rings. The standard InChI is InChI=1S/C16H22O2/c1-15(2,3)10-7-12(16(4,5)6)11-9-14(17)18-13(11)8-10/h7-8H,9H2,1-6H3. The van der Waals surface area contributed by atoms with Crippen LogP contribution in [0.15, 0.2) is 12.1 Å². The van der Waals surface area contributed by atoms with Gasteiger partial charge in [0, 0.05) is 5.56 Å². The first kappa shape index (κ1) is 13.1. The third kappa shape index (κ3) is 2.29. The summed E-state index contributed by atoms with van der Waals surface area (Å²) in [4.78, 5) is 11.5. The Balaban J connectivity index is 2.66. The van der Waals surface area contributed by atoms with E-state index >= 15 is 0 Å². The third-order valence-corrected chi connectivity index (χ3v) is 3.43. The minimum atomic E-state index is -0.137. The Labute approximate surface area is 109 Å². The van der Waals surface area contributed by atoms with E-state index in [-0.39, 0.29) is 16.8 Å². The first-order valence-corrected chi connectivity index (χ1v) is 6.47. The Morgan fingerprint density at radius 1 is 1.00 bits per heavy atom. The summed E-state index contributed by atoms with van der Waals surface area (Å²) in [5, 5.41) is 0. The van der Waals surface area contributed by atoms with Gasteiger partial charge in [0.15, 0.2) is 0 Å². The van der Waals surface area contributed by atoms with Gasteiger partial charge in [0.2, 0.25) is 0 Å². The van der Waals surface area contributed by atoms with Gasteiger partial charge in [-0.05, 0) is 28.0 Å². The first-order chi connectivity index (χ1) is 8.09. The molecule has 0 aromatic heterocycles. The molecule has 0 saturated carbocycles. The van der Waals surface area contributed by atoms with Crippen LogP contribution in [0.3, 0.4) is 0 Å². The molecule has 2 nitrogen and oxygen atoms in total. The molecule has 0 atom stereocenters. The molecular formula is C16H22O2. The Bertz CT molecular complexity index is 499. The topological polar surface area (TPSA) is 26.3 Å². The summed E-state index contributed by atoms with van der Waals surface area (Å²) in [5.41, 5.74) is 3.61. The molecule has 1 heterocycles. The van der Waals surface area contributed by atoms with Crippen molar-refractivity contribution in [2.24, 2.45) is 0 Å². The van der Waals surface area contributed by atoms with Gasteiger partial charge in [-0.15, -0.1) is 0 Å². The van der Waals surface area contributed by atoms with Crippen LogP contribution >= 0.6 is 0 Å². The van der Waals surface area contributed by atoms with Gasteiger partial charge in [0.05, 0.1) is 6.42 Å². The number of carbonyl (C=O) groups is 1. The lowest BCUT2D eigenvalue weighted by Gasteiger charge is -2.26. The fraction of sp³-hybridized carbons (Fsp3) is 0.562. The van der Waals surface area contributed by atoms with Crippen LogP contribution in [-0.4, -0.2) is 5.97 Å². The quantitative estimate of drug-likeness (QED) is 0.515. The summed E-state index contributed by atoms with van der Waals surface area (Å²) in [5.74, 6) is 0.624. The van der Waals surface area contributed by atoms with Crippen molar-refractivity contribution in [2.75, 3.05) is 0 Å². The molecule has 0 spiro atoms. The Kier molecular flexibility index (Phi) is 2.80. The normalized spacial score (nSPS) is 15.6. The fourth-order valence-electron chi connectivity index (χ4n) is 2.32. The molecule has 18 heavy (non-hydrogen) atoms. The molecule has 0 N–H and O–H groups in total. The lowest BCUT2D eigenvalue weighted by Crippen LogP contribution is -2.18. The lowest BCUT2D eigenvalue weighted by molar-refractivity contribution is -0.131. The van der Waals surface area contributed by atoms with E-state index in [1.807, 2.05) is 6.07 Å². The van der Waals surface area contributed by atoms with Crippen LogP contribution in [0.1, 0.15) is 58.2 Å². The smallest absolute Gasteiger partial charge is 0.315 e. The van der Waals surface area contributed by atoms with Crippen molar-refractivity contribution >= 4 is 5.97 Å². The monoisotopic (exact) mass is 246 g/mol. The van der Waals surface area contributed by atoms with Gasteiger partial charge < -0.3 is 4.74 Å². The number of benzene rings is 1. The minimum Gasteiger partial charge on any atom is -0.426 e. The Hall–Kier alpha value is -1.31. The zero-order valence-electron chi connectivity index (χ0n) is 12.2. The molecule has 1 aromatic carbocycles. The van der Waals surface area contributed by atoms with Crippen LogP contribution in [-0.2, 0) is 22.0 Å². The van der Waals surface area contributed by atoms with Gasteiger partial charge >= 0.3 is 5.97 Å². The maximum absolute atomic E-state index is 11.5.